The number of hydrogen-bond donors (Lipinski definition) is 1. The maximum Gasteiger partial charge on any atom is 0.401 e. The van der Waals surface area contributed by atoms with E-state index in [1.807, 2.05) is 0 Å². The minimum atomic E-state index is -4.46. The van der Waals surface area contributed by atoms with E-state index in [1.165, 1.54) is 0 Å². The van der Waals surface area contributed by atoms with Gasteiger partial charge >= 0.3 is 12.1 Å². The van der Waals surface area contributed by atoms with Crippen molar-refractivity contribution in [1.82, 2.24) is 4.90 Å². The number of carboxylic acid groups (broad SMARTS) is 1. The Morgan fingerprint density at radius 1 is 1.33 bits per heavy atom. The van der Waals surface area contributed by atoms with Crippen LogP contribution in [-0.2, 0) is 11.3 Å². The minimum Gasteiger partial charge on any atom is -0.480 e. The Kier molecular flexibility index (Phi) is 4.22. The van der Waals surface area contributed by atoms with Crippen molar-refractivity contribution >= 4 is 16.9 Å². The molecule has 0 radical (unpaired) electrons. The van der Waals surface area contributed by atoms with Crippen molar-refractivity contribution in [2.75, 3.05) is 13.1 Å². The molecule has 4 nitrogen and oxygen atoms in total. The molecule has 114 valence electrons. The van der Waals surface area contributed by atoms with Crippen LogP contribution in [0.4, 0.5) is 13.2 Å². The number of para-hydroxylation sites is 1. The quantitative estimate of drug-likeness (QED) is 0.921. The van der Waals surface area contributed by atoms with E-state index in [1.54, 1.807) is 31.2 Å². The molecule has 0 aliphatic heterocycles. The van der Waals surface area contributed by atoms with E-state index in [9.17, 15) is 18.0 Å². The van der Waals surface area contributed by atoms with Gasteiger partial charge < -0.3 is 9.52 Å². The van der Waals surface area contributed by atoms with E-state index in [-0.39, 0.29) is 6.54 Å². The van der Waals surface area contributed by atoms with Crippen LogP contribution in [0.15, 0.2) is 28.7 Å². The highest BCUT2D eigenvalue weighted by Crippen LogP contribution is 2.27. The number of aryl methyl sites for hydroxylation is 1. The number of fused-ring (bicyclic) bond motifs is 1. The topological polar surface area (TPSA) is 53.7 Å². The van der Waals surface area contributed by atoms with E-state index in [0.717, 1.165) is 4.90 Å². The largest absolute Gasteiger partial charge is 0.480 e. The summed E-state index contributed by atoms with van der Waals surface area (Å²) in [6, 6.07) is 6.98. The van der Waals surface area contributed by atoms with Gasteiger partial charge in [0.25, 0.3) is 0 Å². The second kappa shape index (κ2) is 5.77. The molecular formula is C14H14F3NO3. The molecule has 0 unspecified atom stereocenters. The molecule has 2 aromatic rings. The van der Waals surface area contributed by atoms with E-state index in [2.05, 4.69) is 0 Å². The third-order valence-electron chi connectivity index (χ3n) is 3.04. The molecule has 1 aromatic carbocycles. The highest BCUT2D eigenvalue weighted by atomic mass is 19.4. The summed E-state index contributed by atoms with van der Waals surface area (Å²) in [5.74, 6) is -0.807. The van der Waals surface area contributed by atoms with Crippen LogP contribution in [0.1, 0.15) is 11.3 Å². The van der Waals surface area contributed by atoms with E-state index in [0.29, 0.717) is 22.3 Å². The van der Waals surface area contributed by atoms with Crippen LogP contribution >= 0.6 is 0 Å². The molecule has 0 bridgehead atoms. The van der Waals surface area contributed by atoms with Crippen LogP contribution in [0.25, 0.3) is 11.0 Å². The fraction of sp³-hybridized carbons (Fsp3) is 0.357. The van der Waals surface area contributed by atoms with Crippen LogP contribution in [-0.4, -0.2) is 35.2 Å². The summed E-state index contributed by atoms with van der Waals surface area (Å²) in [5, 5.41) is 9.46. The molecular weight excluding hydrogens is 287 g/mol. The maximum atomic E-state index is 12.5. The first kappa shape index (κ1) is 15.4. The fourth-order valence-electron chi connectivity index (χ4n) is 2.25. The first-order chi connectivity index (χ1) is 9.76. The Labute approximate surface area is 118 Å². The standard InChI is InChI=1S/C14H14F3NO3/c1-9-11(10-4-2-3-5-12(10)21-9)6-18(7-13(19)20)8-14(15,16)17/h2-5H,6-8H2,1H3,(H,19,20). The Morgan fingerprint density at radius 2 is 2.00 bits per heavy atom. The van der Waals surface area contributed by atoms with Crippen LogP contribution in [0.5, 0.6) is 0 Å². The van der Waals surface area contributed by atoms with Gasteiger partial charge in [-0.3, -0.25) is 9.69 Å². The highest BCUT2D eigenvalue weighted by Gasteiger charge is 2.32. The third-order valence-corrected chi connectivity index (χ3v) is 3.04. The summed E-state index contributed by atoms with van der Waals surface area (Å²) in [6.45, 7) is -0.437. The number of furan rings is 1. The Balaban J connectivity index is 2.29. The second-order valence-electron chi connectivity index (χ2n) is 4.79. The Hall–Kier alpha value is -2.02. The number of rotatable bonds is 5. The van der Waals surface area contributed by atoms with Crippen molar-refractivity contribution in [3.05, 3.63) is 35.6 Å². The van der Waals surface area contributed by atoms with Crippen molar-refractivity contribution in [3.8, 4) is 0 Å². The lowest BCUT2D eigenvalue weighted by atomic mass is 10.1. The lowest BCUT2D eigenvalue weighted by Crippen LogP contribution is -2.37. The summed E-state index contributed by atoms with van der Waals surface area (Å²) in [4.78, 5) is 11.6. The Bertz CT molecular complexity index is 648. The lowest BCUT2D eigenvalue weighted by molar-refractivity contribution is -0.154. The van der Waals surface area contributed by atoms with Crippen LogP contribution in [0.2, 0.25) is 0 Å². The zero-order valence-corrected chi connectivity index (χ0v) is 11.3. The summed E-state index contributed by atoms with van der Waals surface area (Å²) in [5.41, 5.74) is 1.16. The van der Waals surface area contributed by atoms with Gasteiger partial charge in [-0.2, -0.15) is 13.2 Å². The van der Waals surface area contributed by atoms with Crippen molar-refractivity contribution in [3.63, 3.8) is 0 Å². The SMILES string of the molecule is Cc1oc2ccccc2c1CN(CC(=O)O)CC(F)(F)F. The molecule has 7 heteroatoms. The van der Waals surface area contributed by atoms with Gasteiger partial charge in [0, 0.05) is 17.5 Å². The molecule has 1 heterocycles. The summed E-state index contributed by atoms with van der Waals surface area (Å²) >= 11 is 0. The molecule has 0 saturated carbocycles. The van der Waals surface area contributed by atoms with Gasteiger partial charge in [-0.05, 0) is 13.0 Å². The predicted octanol–water partition coefficient (Wildman–Crippen LogP) is 3.19. The molecule has 0 spiro atoms. The zero-order valence-electron chi connectivity index (χ0n) is 11.3. The first-order valence-corrected chi connectivity index (χ1v) is 6.24. The lowest BCUT2D eigenvalue weighted by Gasteiger charge is -2.21. The normalized spacial score (nSPS) is 12.2. The number of hydrogen-bond acceptors (Lipinski definition) is 3. The summed E-state index contributed by atoms with van der Waals surface area (Å²) in [7, 11) is 0. The fourth-order valence-corrected chi connectivity index (χ4v) is 2.25. The first-order valence-electron chi connectivity index (χ1n) is 6.24. The minimum absolute atomic E-state index is 0.130. The van der Waals surface area contributed by atoms with Crippen molar-refractivity contribution in [2.24, 2.45) is 0 Å². The van der Waals surface area contributed by atoms with Crippen LogP contribution in [0, 0.1) is 6.92 Å². The van der Waals surface area contributed by atoms with E-state index >= 15 is 0 Å². The monoisotopic (exact) mass is 301 g/mol. The van der Waals surface area contributed by atoms with Gasteiger partial charge in [0.15, 0.2) is 0 Å². The second-order valence-corrected chi connectivity index (χ2v) is 4.79. The highest BCUT2D eigenvalue weighted by molar-refractivity contribution is 5.82. The number of alkyl halides is 3. The van der Waals surface area contributed by atoms with Crippen molar-refractivity contribution in [1.29, 1.82) is 0 Å². The molecule has 1 N–H and O–H groups in total. The van der Waals surface area contributed by atoms with Crippen LogP contribution < -0.4 is 0 Å². The van der Waals surface area contributed by atoms with Gasteiger partial charge in [0.1, 0.15) is 11.3 Å². The third kappa shape index (κ3) is 3.98. The van der Waals surface area contributed by atoms with Gasteiger partial charge in [0.05, 0.1) is 13.1 Å². The van der Waals surface area contributed by atoms with Gasteiger partial charge in [-0.15, -0.1) is 0 Å². The number of carboxylic acids is 1. The number of halogens is 3. The van der Waals surface area contributed by atoms with E-state index < -0.39 is 25.2 Å². The molecule has 0 aliphatic rings. The number of aliphatic carboxylic acids is 1. The predicted molar refractivity (Wildman–Crippen MR) is 69.9 cm³/mol. The number of nitrogens with zero attached hydrogens (tertiary/aromatic N) is 1. The van der Waals surface area contributed by atoms with Crippen LogP contribution in [0.3, 0.4) is 0 Å². The Morgan fingerprint density at radius 3 is 2.62 bits per heavy atom. The van der Waals surface area contributed by atoms with Crippen molar-refractivity contribution in [2.45, 2.75) is 19.6 Å². The van der Waals surface area contributed by atoms with E-state index in [4.69, 9.17) is 9.52 Å². The van der Waals surface area contributed by atoms with Gasteiger partial charge in [0.2, 0.25) is 0 Å². The van der Waals surface area contributed by atoms with Gasteiger partial charge in [-0.25, -0.2) is 0 Å². The smallest absolute Gasteiger partial charge is 0.401 e. The molecule has 0 fully saturated rings. The molecule has 21 heavy (non-hydrogen) atoms. The average Bonchev–Trinajstić information content (AvgIpc) is 2.63. The van der Waals surface area contributed by atoms with Crippen molar-refractivity contribution < 1.29 is 27.5 Å². The number of carbonyl (C=O) groups is 1. The molecule has 1 aromatic heterocycles. The maximum absolute atomic E-state index is 12.5. The molecule has 0 saturated heterocycles. The van der Waals surface area contributed by atoms with Gasteiger partial charge in [-0.1, -0.05) is 18.2 Å². The zero-order chi connectivity index (χ0) is 15.6. The average molecular weight is 301 g/mol. The molecule has 0 atom stereocenters. The molecule has 0 aliphatic carbocycles. The summed E-state index contributed by atoms with van der Waals surface area (Å²) < 4.78 is 43.1. The molecule has 0 amide bonds. The number of benzene rings is 1. The molecule has 2 rings (SSSR count). The summed E-state index contributed by atoms with van der Waals surface area (Å²) in [6.07, 6.45) is -4.46.